The molecule has 0 radical (unpaired) electrons. The maximum absolute atomic E-state index is 11.9. The number of hydrogen-bond acceptors (Lipinski definition) is 2. The standard InChI is InChI=1S/C16H29N3O/c1-7-19-12(4)8-15(14(19)6)10-17-13(5)16(20)18-9-11(2)3/h8,11,13,17H,7,9-10H2,1-6H3,(H,18,20). The monoisotopic (exact) mass is 279 g/mol. The molecule has 1 aromatic rings. The first-order valence-corrected chi connectivity index (χ1v) is 7.53. The first-order chi connectivity index (χ1) is 9.36. The number of rotatable bonds is 7. The molecular formula is C16H29N3O. The zero-order chi connectivity index (χ0) is 15.3. The van der Waals surface area contributed by atoms with Crippen LogP contribution in [0.3, 0.4) is 0 Å². The molecule has 1 atom stereocenters. The second-order valence-corrected chi connectivity index (χ2v) is 5.88. The van der Waals surface area contributed by atoms with Crippen molar-refractivity contribution in [1.82, 2.24) is 15.2 Å². The van der Waals surface area contributed by atoms with Gasteiger partial charge in [0.05, 0.1) is 6.04 Å². The van der Waals surface area contributed by atoms with E-state index in [0.29, 0.717) is 5.92 Å². The summed E-state index contributed by atoms with van der Waals surface area (Å²) >= 11 is 0. The minimum Gasteiger partial charge on any atom is -0.354 e. The van der Waals surface area contributed by atoms with Gasteiger partial charge in [0.25, 0.3) is 0 Å². The van der Waals surface area contributed by atoms with E-state index in [1.807, 2.05) is 6.92 Å². The van der Waals surface area contributed by atoms with Crippen LogP contribution < -0.4 is 10.6 Å². The summed E-state index contributed by atoms with van der Waals surface area (Å²) in [6, 6.07) is 2.03. The molecule has 0 fully saturated rings. The lowest BCUT2D eigenvalue weighted by Gasteiger charge is -2.15. The van der Waals surface area contributed by atoms with Crippen molar-refractivity contribution in [3.05, 3.63) is 23.0 Å². The molecule has 1 amide bonds. The van der Waals surface area contributed by atoms with Crippen LogP contribution in [0.15, 0.2) is 6.07 Å². The lowest BCUT2D eigenvalue weighted by molar-refractivity contribution is -0.122. The molecule has 0 aromatic carbocycles. The van der Waals surface area contributed by atoms with Gasteiger partial charge in [-0.2, -0.15) is 0 Å². The van der Waals surface area contributed by atoms with E-state index in [2.05, 4.69) is 55.9 Å². The van der Waals surface area contributed by atoms with Gasteiger partial charge in [0.15, 0.2) is 0 Å². The SMILES string of the molecule is CCn1c(C)cc(CNC(C)C(=O)NCC(C)C)c1C. The lowest BCUT2D eigenvalue weighted by atomic mass is 10.2. The summed E-state index contributed by atoms with van der Waals surface area (Å²) in [6.07, 6.45) is 0. The van der Waals surface area contributed by atoms with Crippen molar-refractivity contribution in [1.29, 1.82) is 0 Å². The minimum atomic E-state index is -0.168. The molecule has 0 spiro atoms. The predicted octanol–water partition coefficient (Wildman–Crippen LogP) is 2.38. The average Bonchev–Trinajstić information content (AvgIpc) is 2.67. The minimum absolute atomic E-state index is 0.0722. The van der Waals surface area contributed by atoms with Crippen LogP contribution in [0, 0.1) is 19.8 Å². The van der Waals surface area contributed by atoms with E-state index < -0.39 is 0 Å². The lowest BCUT2D eigenvalue weighted by Crippen LogP contribution is -2.43. The van der Waals surface area contributed by atoms with Gasteiger partial charge in [-0.05, 0) is 45.2 Å². The number of aryl methyl sites for hydroxylation is 1. The maximum Gasteiger partial charge on any atom is 0.236 e. The van der Waals surface area contributed by atoms with E-state index in [4.69, 9.17) is 0 Å². The Morgan fingerprint density at radius 2 is 1.95 bits per heavy atom. The van der Waals surface area contributed by atoms with E-state index in [-0.39, 0.29) is 11.9 Å². The van der Waals surface area contributed by atoms with Crippen LogP contribution in [0.1, 0.15) is 44.6 Å². The van der Waals surface area contributed by atoms with Gasteiger partial charge >= 0.3 is 0 Å². The highest BCUT2D eigenvalue weighted by atomic mass is 16.2. The Kier molecular flexibility index (Phi) is 6.27. The van der Waals surface area contributed by atoms with Gasteiger partial charge in [-0.1, -0.05) is 13.8 Å². The molecule has 0 saturated heterocycles. The molecule has 0 aliphatic rings. The van der Waals surface area contributed by atoms with Crippen LogP contribution in [0.25, 0.3) is 0 Å². The number of nitrogens with one attached hydrogen (secondary N) is 2. The molecule has 4 nitrogen and oxygen atoms in total. The molecule has 1 unspecified atom stereocenters. The van der Waals surface area contributed by atoms with E-state index in [1.165, 1.54) is 17.0 Å². The van der Waals surface area contributed by atoms with E-state index in [1.54, 1.807) is 0 Å². The van der Waals surface area contributed by atoms with Gasteiger partial charge in [-0.15, -0.1) is 0 Å². The molecule has 0 aliphatic heterocycles. The fraction of sp³-hybridized carbons (Fsp3) is 0.688. The van der Waals surface area contributed by atoms with Crippen molar-refractivity contribution >= 4 is 5.91 Å². The summed E-state index contributed by atoms with van der Waals surface area (Å²) in [5.41, 5.74) is 3.83. The molecule has 1 heterocycles. The smallest absolute Gasteiger partial charge is 0.236 e. The highest BCUT2D eigenvalue weighted by Gasteiger charge is 2.14. The van der Waals surface area contributed by atoms with Crippen LogP contribution in [0.5, 0.6) is 0 Å². The zero-order valence-electron chi connectivity index (χ0n) is 13.7. The summed E-state index contributed by atoms with van der Waals surface area (Å²) in [7, 11) is 0. The number of carbonyl (C=O) groups is 1. The van der Waals surface area contributed by atoms with Gasteiger partial charge in [0, 0.05) is 31.0 Å². The number of nitrogens with zero attached hydrogens (tertiary/aromatic N) is 1. The van der Waals surface area contributed by atoms with Crippen LogP contribution in [-0.4, -0.2) is 23.1 Å². The first kappa shape index (κ1) is 16.8. The van der Waals surface area contributed by atoms with Crippen molar-refractivity contribution in [2.24, 2.45) is 5.92 Å². The van der Waals surface area contributed by atoms with Crippen LogP contribution in [0.4, 0.5) is 0 Å². The first-order valence-electron chi connectivity index (χ1n) is 7.53. The highest BCUT2D eigenvalue weighted by Crippen LogP contribution is 2.14. The topological polar surface area (TPSA) is 46.1 Å². The third-order valence-corrected chi connectivity index (χ3v) is 3.67. The number of aromatic nitrogens is 1. The van der Waals surface area contributed by atoms with Crippen molar-refractivity contribution in [3.8, 4) is 0 Å². The molecule has 0 aliphatic carbocycles. The highest BCUT2D eigenvalue weighted by molar-refractivity contribution is 5.81. The van der Waals surface area contributed by atoms with Crippen molar-refractivity contribution in [2.75, 3.05) is 6.54 Å². The molecule has 4 heteroatoms. The molecule has 1 aromatic heterocycles. The fourth-order valence-corrected chi connectivity index (χ4v) is 2.35. The van der Waals surface area contributed by atoms with Gasteiger partial charge in [0.1, 0.15) is 0 Å². The van der Waals surface area contributed by atoms with Crippen molar-refractivity contribution in [3.63, 3.8) is 0 Å². The quantitative estimate of drug-likeness (QED) is 0.805. The van der Waals surface area contributed by atoms with Crippen LogP contribution in [0.2, 0.25) is 0 Å². The van der Waals surface area contributed by atoms with Gasteiger partial charge < -0.3 is 15.2 Å². The summed E-state index contributed by atoms with van der Waals surface area (Å²) in [6.45, 7) is 15.0. The third kappa shape index (κ3) is 4.37. The maximum atomic E-state index is 11.9. The Bertz CT molecular complexity index is 449. The number of hydrogen-bond donors (Lipinski definition) is 2. The third-order valence-electron chi connectivity index (χ3n) is 3.67. The van der Waals surface area contributed by atoms with E-state index >= 15 is 0 Å². The largest absolute Gasteiger partial charge is 0.354 e. The summed E-state index contributed by atoms with van der Waals surface area (Å²) in [4.78, 5) is 11.9. The predicted molar refractivity (Wildman–Crippen MR) is 83.7 cm³/mol. The molecule has 2 N–H and O–H groups in total. The molecular weight excluding hydrogens is 250 g/mol. The van der Waals surface area contributed by atoms with Gasteiger partial charge in [-0.25, -0.2) is 0 Å². The Balaban J connectivity index is 2.52. The van der Waals surface area contributed by atoms with E-state index in [0.717, 1.165) is 19.6 Å². The second-order valence-electron chi connectivity index (χ2n) is 5.88. The van der Waals surface area contributed by atoms with Crippen molar-refractivity contribution < 1.29 is 4.79 Å². The van der Waals surface area contributed by atoms with E-state index in [9.17, 15) is 4.79 Å². The number of amides is 1. The Morgan fingerprint density at radius 1 is 1.30 bits per heavy atom. The van der Waals surface area contributed by atoms with Crippen LogP contribution >= 0.6 is 0 Å². The molecule has 1 rings (SSSR count). The Labute approximate surface area is 122 Å². The number of carbonyl (C=O) groups excluding carboxylic acids is 1. The molecule has 20 heavy (non-hydrogen) atoms. The van der Waals surface area contributed by atoms with Gasteiger partial charge in [-0.3, -0.25) is 4.79 Å². The summed E-state index contributed by atoms with van der Waals surface area (Å²) in [5.74, 6) is 0.553. The molecule has 0 saturated carbocycles. The summed E-state index contributed by atoms with van der Waals surface area (Å²) in [5, 5.41) is 6.26. The fourth-order valence-electron chi connectivity index (χ4n) is 2.35. The molecule has 114 valence electrons. The zero-order valence-corrected chi connectivity index (χ0v) is 13.7. The average molecular weight is 279 g/mol. The van der Waals surface area contributed by atoms with Crippen LogP contribution in [-0.2, 0) is 17.9 Å². The Morgan fingerprint density at radius 3 is 2.45 bits per heavy atom. The van der Waals surface area contributed by atoms with Gasteiger partial charge in [0.2, 0.25) is 5.91 Å². The summed E-state index contributed by atoms with van der Waals surface area (Å²) < 4.78 is 2.29. The van der Waals surface area contributed by atoms with Crippen molar-refractivity contribution in [2.45, 2.75) is 60.7 Å². The second kappa shape index (κ2) is 7.48. The molecule has 0 bridgehead atoms. The Hall–Kier alpha value is -1.29. The normalized spacial score (nSPS) is 12.8.